The van der Waals surface area contributed by atoms with Gasteiger partial charge < -0.3 is 14.1 Å². The molecule has 1 aliphatic rings. The van der Waals surface area contributed by atoms with Crippen LogP contribution in [0, 0.1) is 6.92 Å². The normalized spacial score (nSPS) is 17.3. The van der Waals surface area contributed by atoms with Gasteiger partial charge in [0.05, 0.1) is 17.3 Å². The molecule has 0 saturated heterocycles. The molecule has 0 aliphatic carbocycles. The standard InChI is InChI=1S/C14H14ClN3O3/c1-8-7-18(11-5-3-4-10(15)14(11)20-8)13(19)6-12-17-16-9(2)21-12/h3-5,8H,6-7H2,1-2H3. The number of nitrogens with zero attached hydrogens (tertiary/aromatic N) is 3. The first-order chi connectivity index (χ1) is 10.0. The lowest BCUT2D eigenvalue weighted by atomic mass is 10.2. The highest BCUT2D eigenvalue weighted by atomic mass is 35.5. The Morgan fingerprint density at radius 2 is 2.29 bits per heavy atom. The van der Waals surface area contributed by atoms with Gasteiger partial charge >= 0.3 is 0 Å². The van der Waals surface area contributed by atoms with Crippen LogP contribution in [0.1, 0.15) is 18.7 Å². The summed E-state index contributed by atoms with van der Waals surface area (Å²) in [6.45, 7) is 4.04. The number of fused-ring (bicyclic) bond motifs is 1. The molecule has 6 nitrogen and oxygen atoms in total. The second kappa shape index (κ2) is 5.37. The zero-order valence-corrected chi connectivity index (χ0v) is 12.4. The molecule has 0 radical (unpaired) electrons. The number of anilines is 1. The molecule has 1 amide bonds. The average Bonchev–Trinajstić information content (AvgIpc) is 2.84. The van der Waals surface area contributed by atoms with E-state index < -0.39 is 0 Å². The molecule has 0 N–H and O–H groups in total. The molecule has 1 aromatic heterocycles. The van der Waals surface area contributed by atoms with E-state index in [1.165, 1.54) is 0 Å². The number of carbonyl (C=O) groups is 1. The van der Waals surface area contributed by atoms with Crippen molar-refractivity contribution < 1.29 is 13.9 Å². The molecule has 0 spiro atoms. The minimum Gasteiger partial charge on any atom is -0.485 e. The van der Waals surface area contributed by atoms with Crippen molar-refractivity contribution in [1.82, 2.24) is 10.2 Å². The molecule has 0 fully saturated rings. The first-order valence-corrected chi connectivity index (χ1v) is 6.97. The molecular weight excluding hydrogens is 294 g/mol. The van der Waals surface area contributed by atoms with E-state index >= 15 is 0 Å². The molecule has 1 atom stereocenters. The zero-order chi connectivity index (χ0) is 15.0. The highest BCUT2D eigenvalue weighted by Crippen LogP contribution is 2.39. The minimum absolute atomic E-state index is 0.0551. The van der Waals surface area contributed by atoms with Gasteiger partial charge in [0, 0.05) is 6.92 Å². The summed E-state index contributed by atoms with van der Waals surface area (Å²) in [5, 5.41) is 8.07. The Bertz CT molecular complexity index is 686. The van der Waals surface area contributed by atoms with Crippen molar-refractivity contribution in [2.75, 3.05) is 11.4 Å². The Balaban J connectivity index is 1.88. The summed E-state index contributed by atoms with van der Waals surface area (Å²) in [5.41, 5.74) is 0.668. The van der Waals surface area contributed by atoms with Crippen molar-refractivity contribution in [3.63, 3.8) is 0 Å². The number of amides is 1. The quantitative estimate of drug-likeness (QED) is 0.852. The fraction of sp³-hybridized carbons (Fsp3) is 0.357. The van der Waals surface area contributed by atoms with Gasteiger partial charge in [0.25, 0.3) is 0 Å². The molecule has 1 unspecified atom stereocenters. The van der Waals surface area contributed by atoms with Crippen molar-refractivity contribution in [3.8, 4) is 5.75 Å². The van der Waals surface area contributed by atoms with E-state index in [1.807, 2.05) is 13.0 Å². The molecule has 0 bridgehead atoms. The smallest absolute Gasteiger partial charge is 0.236 e. The number of ether oxygens (including phenoxy) is 1. The summed E-state index contributed by atoms with van der Waals surface area (Å²) in [6, 6.07) is 5.34. The molecule has 1 aliphatic heterocycles. The minimum atomic E-state index is -0.134. The van der Waals surface area contributed by atoms with Gasteiger partial charge in [0.2, 0.25) is 17.7 Å². The van der Waals surface area contributed by atoms with Crippen LogP contribution in [-0.2, 0) is 11.2 Å². The summed E-state index contributed by atoms with van der Waals surface area (Å²) in [4.78, 5) is 14.1. The molecule has 2 heterocycles. The van der Waals surface area contributed by atoms with E-state index in [-0.39, 0.29) is 18.4 Å². The van der Waals surface area contributed by atoms with Crippen LogP contribution < -0.4 is 9.64 Å². The SMILES string of the molecule is Cc1nnc(CC(=O)N2CC(C)Oc3c(Cl)cccc32)o1. The van der Waals surface area contributed by atoms with Crippen LogP contribution in [0.4, 0.5) is 5.69 Å². The number of hydrogen-bond acceptors (Lipinski definition) is 5. The van der Waals surface area contributed by atoms with Crippen LogP contribution in [0.25, 0.3) is 0 Å². The summed E-state index contributed by atoms with van der Waals surface area (Å²) in [5.74, 6) is 1.15. The second-order valence-corrected chi connectivity index (χ2v) is 5.32. The maximum atomic E-state index is 12.5. The fourth-order valence-electron chi connectivity index (χ4n) is 2.29. The van der Waals surface area contributed by atoms with Crippen LogP contribution in [0.3, 0.4) is 0 Å². The first kappa shape index (κ1) is 13.9. The Kier molecular flexibility index (Phi) is 3.55. The van der Waals surface area contributed by atoms with Crippen LogP contribution in [-0.4, -0.2) is 28.8 Å². The Labute approximate surface area is 126 Å². The summed E-state index contributed by atoms with van der Waals surface area (Å²) < 4.78 is 11.0. The van der Waals surface area contributed by atoms with Gasteiger partial charge in [0.15, 0.2) is 5.75 Å². The topological polar surface area (TPSA) is 68.5 Å². The Morgan fingerprint density at radius 3 is 3.00 bits per heavy atom. The average molecular weight is 308 g/mol. The monoisotopic (exact) mass is 307 g/mol. The summed E-state index contributed by atoms with van der Waals surface area (Å²) in [6.07, 6.45) is -0.0785. The van der Waals surface area contributed by atoms with Crippen molar-refractivity contribution in [1.29, 1.82) is 0 Å². The lowest BCUT2D eigenvalue weighted by Crippen LogP contribution is -2.43. The molecule has 3 rings (SSSR count). The maximum Gasteiger partial charge on any atom is 0.236 e. The Hall–Kier alpha value is -2.08. The largest absolute Gasteiger partial charge is 0.485 e. The van der Waals surface area contributed by atoms with Crippen molar-refractivity contribution in [2.24, 2.45) is 0 Å². The summed E-state index contributed by atoms with van der Waals surface area (Å²) >= 11 is 6.14. The third kappa shape index (κ3) is 2.71. The van der Waals surface area contributed by atoms with Gasteiger partial charge in [-0.15, -0.1) is 10.2 Å². The fourth-order valence-corrected chi connectivity index (χ4v) is 2.50. The number of carbonyl (C=O) groups excluding carboxylic acids is 1. The predicted molar refractivity (Wildman–Crippen MR) is 76.6 cm³/mol. The number of aromatic nitrogens is 2. The number of rotatable bonds is 2. The lowest BCUT2D eigenvalue weighted by Gasteiger charge is -2.33. The van der Waals surface area contributed by atoms with Crippen LogP contribution in [0.15, 0.2) is 22.6 Å². The van der Waals surface area contributed by atoms with E-state index in [0.29, 0.717) is 34.8 Å². The highest BCUT2D eigenvalue weighted by molar-refractivity contribution is 6.32. The molecule has 7 heteroatoms. The van der Waals surface area contributed by atoms with Gasteiger partial charge in [-0.25, -0.2) is 0 Å². The Morgan fingerprint density at radius 1 is 1.48 bits per heavy atom. The third-order valence-corrected chi connectivity index (χ3v) is 3.46. The zero-order valence-electron chi connectivity index (χ0n) is 11.7. The number of benzene rings is 1. The molecule has 1 aromatic carbocycles. The summed E-state index contributed by atoms with van der Waals surface area (Å²) in [7, 11) is 0. The van der Waals surface area contributed by atoms with Crippen molar-refractivity contribution in [3.05, 3.63) is 35.0 Å². The van der Waals surface area contributed by atoms with Gasteiger partial charge in [0.1, 0.15) is 12.5 Å². The van der Waals surface area contributed by atoms with Gasteiger partial charge in [-0.1, -0.05) is 17.7 Å². The van der Waals surface area contributed by atoms with E-state index in [2.05, 4.69) is 10.2 Å². The van der Waals surface area contributed by atoms with E-state index in [0.717, 1.165) is 0 Å². The van der Waals surface area contributed by atoms with Crippen LogP contribution in [0.5, 0.6) is 5.75 Å². The number of halogens is 1. The number of hydrogen-bond donors (Lipinski definition) is 0. The number of aryl methyl sites for hydroxylation is 1. The van der Waals surface area contributed by atoms with E-state index in [9.17, 15) is 4.79 Å². The molecule has 110 valence electrons. The van der Waals surface area contributed by atoms with Crippen LogP contribution >= 0.6 is 11.6 Å². The van der Waals surface area contributed by atoms with E-state index in [1.54, 1.807) is 24.0 Å². The van der Waals surface area contributed by atoms with Gasteiger partial charge in [-0.05, 0) is 19.1 Å². The van der Waals surface area contributed by atoms with Crippen LogP contribution in [0.2, 0.25) is 5.02 Å². The van der Waals surface area contributed by atoms with Gasteiger partial charge in [-0.3, -0.25) is 4.79 Å². The molecule has 0 saturated carbocycles. The van der Waals surface area contributed by atoms with E-state index in [4.69, 9.17) is 20.8 Å². The molecule has 2 aromatic rings. The number of para-hydroxylation sites is 1. The van der Waals surface area contributed by atoms with Crippen molar-refractivity contribution in [2.45, 2.75) is 26.4 Å². The van der Waals surface area contributed by atoms with Gasteiger partial charge in [-0.2, -0.15) is 0 Å². The molecule has 21 heavy (non-hydrogen) atoms. The first-order valence-electron chi connectivity index (χ1n) is 6.59. The van der Waals surface area contributed by atoms with Crippen molar-refractivity contribution >= 4 is 23.2 Å². The lowest BCUT2D eigenvalue weighted by molar-refractivity contribution is -0.118. The maximum absolute atomic E-state index is 12.5. The molecular formula is C14H14ClN3O3. The third-order valence-electron chi connectivity index (χ3n) is 3.17. The highest BCUT2D eigenvalue weighted by Gasteiger charge is 2.29. The second-order valence-electron chi connectivity index (χ2n) is 4.91. The predicted octanol–water partition coefficient (Wildman–Crippen LogP) is 2.39.